The Bertz CT molecular complexity index is 383. The lowest BCUT2D eigenvalue weighted by Crippen LogP contribution is -2.17. The summed E-state index contributed by atoms with van der Waals surface area (Å²) in [7, 11) is 1.60. The minimum atomic E-state index is -0.0989. The highest BCUT2D eigenvalue weighted by Gasteiger charge is 2.02. The Hall–Kier alpha value is -1.51. The van der Waals surface area contributed by atoms with Crippen LogP contribution in [0.5, 0.6) is 0 Å². The topological polar surface area (TPSA) is 41.5 Å². The average Bonchev–Trinajstić information content (AvgIpc) is 2.25. The molecule has 1 N–H and O–H groups in total. The molecule has 0 aliphatic rings. The van der Waals surface area contributed by atoms with Crippen molar-refractivity contribution in [2.75, 3.05) is 7.05 Å². The van der Waals surface area contributed by atoms with Crippen molar-refractivity contribution in [2.45, 2.75) is 6.54 Å². The second-order valence-electron chi connectivity index (χ2n) is 2.69. The van der Waals surface area contributed by atoms with Crippen molar-refractivity contribution in [2.24, 2.45) is 4.99 Å². The zero-order valence-electron chi connectivity index (χ0n) is 7.78. The number of aliphatic imine (C=N–C) groups is 1. The number of thiocarbonyl (C=S) groups is 1. The summed E-state index contributed by atoms with van der Waals surface area (Å²) < 4.78 is 0. The van der Waals surface area contributed by atoms with Gasteiger partial charge in [-0.3, -0.25) is 4.79 Å². The molecule has 0 radical (unpaired) electrons. The molecule has 0 spiro atoms. The number of hydrogen-bond donors (Lipinski definition) is 1. The number of carbonyl (C=O) groups is 1. The van der Waals surface area contributed by atoms with Gasteiger partial charge in [-0.15, -0.1) is 0 Å². The Morgan fingerprint density at radius 3 is 3.07 bits per heavy atom. The highest BCUT2D eigenvalue weighted by Crippen LogP contribution is 2.06. The summed E-state index contributed by atoms with van der Waals surface area (Å²) in [6.07, 6.45) is 0. The third-order valence-corrected chi connectivity index (χ3v) is 1.87. The molecule has 14 heavy (non-hydrogen) atoms. The van der Waals surface area contributed by atoms with Crippen LogP contribution in [0.2, 0.25) is 0 Å². The standard InChI is InChI=1S/C10H10N2OS/c1-11-10(13)9-4-2-3-8(5-9)6-12-7-14/h2-5H,6H2,1H3,(H,11,13). The first kappa shape index (κ1) is 10.6. The fourth-order valence-electron chi connectivity index (χ4n) is 1.08. The lowest BCUT2D eigenvalue weighted by molar-refractivity contribution is 0.0963. The quantitative estimate of drug-likeness (QED) is 0.603. The fraction of sp³-hybridized carbons (Fsp3) is 0.200. The van der Waals surface area contributed by atoms with Crippen molar-refractivity contribution in [3.63, 3.8) is 0 Å². The Balaban J connectivity index is 2.88. The Morgan fingerprint density at radius 2 is 2.43 bits per heavy atom. The first-order valence-electron chi connectivity index (χ1n) is 4.12. The summed E-state index contributed by atoms with van der Waals surface area (Å²) in [6.45, 7) is 0.467. The smallest absolute Gasteiger partial charge is 0.251 e. The molecule has 0 heterocycles. The fourth-order valence-corrected chi connectivity index (χ4v) is 1.14. The highest BCUT2D eigenvalue weighted by atomic mass is 32.1. The van der Waals surface area contributed by atoms with E-state index in [4.69, 9.17) is 0 Å². The van der Waals surface area contributed by atoms with Gasteiger partial charge in [0.1, 0.15) is 0 Å². The molecule has 0 bridgehead atoms. The average molecular weight is 206 g/mol. The monoisotopic (exact) mass is 206 g/mol. The van der Waals surface area contributed by atoms with E-state index in [2.05, 4.69) is 27.7 Å². The first-order chi connectivity index (χ1) is 6.77. The normalized spacial score (nSPS) is 8.93. The van der Waals surface area contributed by atoms with Gasteiger partial charge < -0.3 is 5.32 Å². The van der Waals surface area contributed by atoms with Crippen LogP contribution >= 0.6 is 12.2 Å². The predicted octanol–water partition coefficient (Wildman–Crippen LogP) is 1.65. The van der Waals surface area contributed by atoms with Gasteiger partial charge in [0.05, 0.1) is 11.7 Å². The van der Waals surface area contributed by atoms with E-state index in [-0.39, 0.29) is 5.91 Å². The molecule has 0 atom stereocenters. The number of benzene rings is 1. The van der Waals surface area contributed by atoms with Crippen LogP contribution in [0, 0.1) is 0 Å². The lowest BCUT2D eigenvalue weighted by atomic mass is 10.1. The Morgan fingerprint density at radius 1 is 1.64 bits per heavy atom. The molecule has 3 nitrogen and oxygen atoms in total. The molecule has 0 aliphatic heterocycles. The van der Waals surface area contributed by atoms with Gasteiger partial charge in [-0.1, -0.05) is 12.1 Å². The SMILES string of the molecule is CNC(=O)c1cccc(CN=C=S)c1. The maximum absolute atomic E-state index is 11.3. The van der Waals surface area contributed by atoms with Crippen LogP contribution in [0.25, 0.3) is 0 Å². The largest absolute Gasteiger partial charge is 0.355 e. The summed E-state index contributed by atoms with van der Waals surface area (Å²) >= 11 is 4.46. The highest BCUT2D eigenvalue weighted by molar-refractivity contribution is 7.78. The summed E-state index contributed by atoms with van der Waals surface area (Å²) in [5.74, 6) is -0.0989. The van der Waals surface area contributed by atoms with Crippen molar-refractivity contribution < 1.29 is 4.79 Å². The van der Waals surface area contributed by atoms with Crippen LogP contribution in [0.3, 0.4) is 0 Å². The van der Waals surface area contributed by atoms with Crippen molar-refractivity contribution in [3.05, 3.63) is 35.4 Å². The van der Waals surface area contributed by atoms with E-state index in [1.54, 1.807) is 19.2 Å². The molecule has 0 aliphatic carbocycles. The van der Waals surface area contributed by atoms with Gasteiger partial charge in [-0.25, -0.2) is 4.99 Å². The second kappa shape index (κ2) is 5.27. The van der Waals surface area contributed by atoms with E-state index in [0.717, 1.165) is 5.56 Å². The number of carbonyl (C=O) groups excluding carboxylic acids is 1. The Labute approximate surface area is 87.9 Å². The van der Waals surface area contributed by atoms with Gasteiger partial charge in [0.2, 0.25) is 0 Å². The van der Waals surface area contributed by atoms with E-state index in [1.807, 2.05) is 12.1 Å². The summed E-state index contributed by atoms with van der Waals surface area (Å²) in [5, 5.41) is 4.85. The molecule has 1 rings (SSSR count). The van der Waals surface area contributed by atoms with E-state index >= 15 is 0 Å². The molecule has 4 heteroatoms. The van der Waals surface area contributed by atoms with E-state index < -0.39 is 0 Å². The van der Waals surface area contributed by atoms with Crippen LogP contribution in [0.1, 0.15) is 15.9 Å². The van der Waals surface area contributed by atoms with Crippen LogP contribution < -0.4 is 5.32 Å². The molecule has 72 valence electrons. The van der Waals surface area contributed by atoms with Crippen LogP contribution in [0.4, 0.5) is 0 Å². The molecule has 0 aromatic heterocycles. The number of hydrogen-bond acceptors (Lipinski definition) is 3. The third-order valence-electron chi connectivity index (χ3n) is 1.74. The van der Waals surface area contributed by atoms with E-state index in [1.165, 1.54) is 0 Å². The van der Waals surface area contributed by atoms with Gasteiger partial charge in [0.15, 0.2) is 0 Å². The number of amides is 1. The van der Waals surface area contributed by atoms with Crippen LogP contribution in [-0.2, 0) is 6.54 Å². The molecule has 1 amide bonds. The van der Waals surface area contributed by atoms with Gasteiger partial charge in [-0.05, 0) is 29.9 Å². The molecule has 1 aromatic carbocycles. The molecule has 0 unspecified atom stereocenters. The summed E-state index contributed by atoms with van der Waals surface area (Å²) in [5.41, 5.74) is 1.58. The second-order valence-corrected chi connectivity index (χ2v) is 2.87. The van der Waals surface area contributed by atoms with Gasteiger partial charge in [-0.2, -0.15) is 0 Å². The summed E-state index contributed by atoms with van der Waals surface area (Å²) in [6, 6.07) is 7.25. The minimum Gasteiger partial charge on any atom is -0.355 e. The predicted molar refractivity (Wildman–Crippen MR) is 58.6 cm³/mol. The van der Waals surface area contributed by atoms with Crippen molar-refractivity contribution >= 4 is 23.3 Å². The maximum Gasteiger partial charge on any atom is 0.251 e. The zero-order chi connectivity index (χ0) is 10.4. The summed E-state index contributed by atoms with van der Waals surface area (Å²) in [4.78, 5) is 15.1. The molecular formula is C10H10N2OS. The Kier molecular flexibility index (Phi) is 3.98. The molecule has 0 fully saturated rings. The first-order valence-corrected chi connectivity index (χ1v) is 4.53. The van der Waals surface area contributed by atoms with E-state index in [9.17, 15) is 4.79 Å². The molecule has 1 aromatic rings. The van der Waals surface area contributed by atoms with Crippen LogP contribution in [-0.4, -0.2) is 18.1 Å². The number of isothiocyanates is 1. The number of nitrogens with zero attached hydrogens (tertiary/aromatic N) is 1. The van der Waals surface area contributed by atoms with E-state index in [0.29, 0.717) is 12.1 Å². The van der Waals surface area contributed by atoms with Gasteiger partial charge in [0, 0.05) is 12.6 Å². The number of rotatable bonds is 3. The van der Waals surface area contributed by atoms with Gasteiger partial charge >= 0.3 is 0 Å². The minimum absolute atomic E-state index is 0.0989. The number of nitrogens with one attached hydrogen (secondary N) is 1. The van der Waals surface area contributed by atoms with Gasteiger partial charge in [0.25, 0.3) is 5.91 Å². The molecule has 0 saturated heterocycles. The van der Waals surface area contributed by atoms with Crippen molar-refractivity contribution in [1.29, 1.82) is 0 Å². The maximum atomic E-state index is 11.3. The molecular weight excluding hydrogens is 196 g/mol. The molecule has 0 saturated carbocycles. The van der Waals surface area contributed by atoms with Crippen molar-refractivity contribution in [1.82, 2.24) is 5.32 Å². The third kappa shape index (κ3) is 2.76. The zero-order valence-corrected chi connectivity index (χ0v) is 8.60. The van der Waals surface area contributed by atoms with Crippen LogP contribution in [0.15, 0.2) is 29.3 Å². The lowest BCUT2D eigenvalue weighted by Gasteiger charge is -2.01. The van der Waals surface area contributed by atoms with Crippen molar-refractivity contribution in [3.8, 4) is 0 Å².